The van der Waals surface area contributed by atoms with Gasteiger partial charge in [0.25, 0.3) is 5.91 Å². The summed E-state index contributed by atoms with van der Waals surface area (Å²) < 4.78 is 0. The van der Waals surface area contributed by atoms with Crippen LogP contribution in [-0.4, -0.2) is 12.1 Å². The smallest absolute Gasteiger partial charge is 0.259 e. The maximum Gasteiger partial charge on any atom is 0.259 e. The Bertz CT molecular complexity index is 1490. The highest BCUT2D eigenvalue weighted by Gasteiger charge is 2.25. The quantitative estimate of drug-likeness (QED) is 0.215. The Morgan fingerprint density at radius 3 is 2.21 bits per heavy atom. The molecule has 166 valence electrons. The lowest BCUT2D eigenvalue weighted by Gasteiger charge is -2.12. The highest BCUT2D eigenvalue weighted by molar-refractivity contribution is 7.16. The van der Waals surface area contributed by atoms with Crippen LogP contribution in [-0.2, 0) is 12.8 Å². The summed E-state index contributed by atoms with van der Waals surface area (Å²) in [5, 5.41) is 8.61. The number of hydrogen-bond donors (Lipinski definition) is 1. The van der Waals surface area contributed by atoms with E-state index < -0.39 is 0 Å². The molecule has 4 aromatic carbocycles. The van der Waals surface area contributed by atoms with Gasteiger partial charge >= 0.3 is 0 Å². The predicted molar refractivity (Wildman–Crippen MR) is 144 cm³/mol. The Hall–Kier alpha value is -3.76. The minimum atomic E-state index is -0.0690. The SMILES string of the molecule is O=C(Nc1ccccc1)c1c(N=Cc2c3ccccc3cc3ccccc23)sc2c1CCCC2. The van der Waals surface area contributed by atoms with Crippen molar-refractivity contribution >= 4 is 55.7 Å². The van der Waals surface area contributed by atoms with Gasteiger partial charge in [0.2, 0.25) is 0 Å². The Balaban J connectivity index is 1.47. The van der Waals surface area contributed by atoms with Gasteiger partial charge in [0.05, 0.1) is 5.56 Å². The Morgan fingerprint density at radius 2 is 1.47 bits per heavy atom. The maximum absolute atomic E-state index is 13.4. The number of hydrogen-bond acceptors (Lipinski definition) is 3. The van der Waals surface area contributed by atoms with Crippen molar-refractivity contribution in [1.29, 1.82) is 0 Å². The molecule has 0 radical (unpaired) electrons. The van der Waals surface area contributed by atoms with Crippen LogP contribution in [0.25, 0.3) is 21.5 Å². The number of nitrogens with one attached hydrogen (secondary N) is 1. The van der Waals surface area contributed by atoms with Crippen molar-refractivity contribution in [2.24, 2.45) is 4.99 Å². The van der Waals surface area contributed by atoms with Crippen molar-refractivity contribution in [2.45, 2.75) is 25.7 Å². The fourth-order valence-electron chi connectivity index (χ4n) is 4.90. The zero-order valence-electron chi connectivity index (χ0n) is 18.8. The summed E-state index contributed by atoms with van der Waals surface area (Å²) in [5.41, 5.74) is 3.82. The van der Waals surface area contributed by atoms with E-state index in [0.29, 0.717) is 0 Å². The van der Waals surface area contributed by atoms with Crippen LogP contribution in [0.15, 0.2) is 89.9 Å². The molecule has 0 bridgehead atoms. The number of benzene rings is 4. The second-order valence-corrected chi connectivity index (χ2v) is 9.79. The molecule has 4 heteroatoms. The molecule has 1 aliphatic carbocycles. The van der Waals surface area contributed by atoms with E-state index >= 15 is 0 Å². The topological polar surface area (TPSA) is 41.5 Å². The van der Waals surface area contributed by atoms with E-state index in [2.05, 4.69) is 59.9 Å². The zero-order chi connectivity index (χ0) is 22.9. The summed E-state index contributed by atoms with van der Waals surface area (Å²) in [7, 11) is 0. The number of para-hydroxylation sites is 1. The van der Waals surface area contributed by atoms with Crippen LogP contribution in [0.1, 0.15) is 39.2 Å². The standard InChI is InChI=1S/C30H24N2OS/c33-29(32-22-12-2-1-3-13-22)28-25-16-8-9-17-27(25)34-30(28)31-19-26-23-14-6-4-10-20(23)18-21-11-5-7-15-24(21)26/h1-7,10-15,18-19H,8-9,16-17H2,(H,32,33). The molecule has 6 rings (SSSR count). The summed E-state index contributed by atoms with van der Waals surface area (Å²) in [5.74, 6) is -0.0690. The van der Waals surface area contributed by atoms with Gasteiger partial charge in [-0.3, -0.25) is 4.79 Å². The van der Waals surface area contributed by atoms with E-state index in [0.717, 1.165) is 41.1 Å². The fraction of sp³-hybridized carbons (Fsp3) is 0.133. The number of nitrogens with zero attached hydrogens (tertiary/aromatic N) is 1. The normalized spacial score (nSPS) is 13.4. The van der Waals surface area contributed by atoms with E-state index in [1.165, 1.54) is 38.4 Å². The third-order valence-corrected chi connectivity index (χ3v) is 7.74. The summed E-state index contributed by atoms with van der Waals surface area (Å²) >= 11 is 1.67. The van der Waals surface area contributed by atoms with Gasteiger partial charge in [-0.1, -0.05) is 66.7 Å². The molecule has 0 saturated heterocycles. The minimum Gasteiger partial charge on any atom is -0.322 e. The molecule has 0 atom stereocenters. The number of rotatable bonds is 4. The molecule has 1 heterocycles. The predicted octanol–water partition coefficient (Wildman–Crippen LogP) is 7.94. The molecule has 0 saturated carbocycles. The van der Waals surface area contributed by atoms with Crippen molar-refractivity contribution < 1.29 is 4.79 Å². The van der Waals surface area contributed by atoms with Crippen molar-refractivity contribution in [3.8, 4) is 0 Å². The molecule has 0 unspecified atom stereocenters. The minimum absolute atomic E-state index is 0.0690. The number of aliphatic imine (C=N–C) groups is 1. The molecule has 5 aromatic rings. The van der Waals surface area contributed by atoms with Gasteiger partial charge in [0, 0.05) is 22.3 Å². The average Bonchev–Trinajstić information content (AvgIpc) is 3.25. The Morgan fingerprint density at radius 1 is 0.824 bits per heavy atom. The van der Waals surface area contributed by atoms with Crippen LogP contribution < -0.4 is 5.32 Å². The van der Waals surface area contributed by atoms with Crippen molar-refractivity contribution in [3.05, 3.63) is 106 Å². The van der Waals surface area contributed by atoms with Gasteiger partial charge in [-0.15, -0.1) is 11.3 Å². The molecular formula is C30H24N2OS. The van der Waals surface area contributed by atoms with Gasteiger partial charge in [-0.25, -0.2) is 4.99 Å². The van der Waals surface area contributed by atoms with E-state index in [1.54, 1.807) is 11.3 Å². The molecule has 0 spiro atoms. The first-order valence-electron chi connectivity index (χ1n) is 11.7. The molecule has 1 amide bonds. The van der Waals surface area contributed by atoms with Crippen LogP contribution in [0.2, 0.25) is 0 Å². The lowest BCUT2D eigenvalue weighted by atomic mass is 9.95. The number of thiophene rings is 1. The molecule has 1 aliphatic rings. The van der Waals surface area contributed by atoms with E-state index in [-0.39, 0.29) is 5.91 Å². The highest BCUT2D eigenvalue weighted by atomic mass is 32.1. The first kappa shape index (κ1) is 20.8. The zero-order valence-corrected chi connectivity index (χ0v) is 19.6. The van der Waals surface area contributed by atoms with Crippen LogP contribution in [0, 0.1) is 0 Å². The summed E-state index contributed by atoms with van der Waals surface area (Å²) in [6.45, 7) is 0. The molecule has 0 fully saturated rings. The van der Waals surface area contributed by atoms with Crippen molar-refractivity contribution in [3.63, 3.8) is 0 Å². The number of fused-ring (bicyclic) bond motifs is 3. The first-order chi connectivity index (χ1) is 16.8. The van der Waals surface area contributed by atoms with Gasteiger partial charge in [-0.2, -0.15) is 0 Å². The number of amides is 1. The number of carbonyl (C=O) groups is 1. The average molecular weight is 461 g/mol. The summed E-state index contributed by atoms with van der Waals surface area (Å²) in [6, 6.07) is 28.7. The van der Waals surface area contributed by atoms with Crippen LogP contribution in [0.4, 0.5) is 10.7 Å². The van der Waals surface area contributed by atoms with E-state index in [9.17, 15) is 4.79 Å². The number of carbonyl (C=O) groups excluding carboxylic acids is 1. The van der Waals surface area contributed by atoms with Crippen LogP contribution >= 0.6 is 11.3 Å². The lowest BCUT2D eigenvalue weighted by molar-refractivity contribution is 0.102. The summed E-state index contributed by atoms with van der Waals surface area (Å²) in [4.78, 5) is 19.7. The largest absolute Gasteiger partial charge is 0.322 e. The second-order valence-electron chi connectivity index (χ2n) is 8.70. The lowest BCUT2D eigenvalue weighted by Crippen LogP contribution is -2.14. The molecular weight excluding hydrogens is 436 g/mol. The highest BCUT2D eigenvalue weighted by Crippen LogP contribution is 2.40. The van der Waals surface area contributed by atoms with E-state index in [1.807, 2.05) is 36.5 Å². The van der Waals surface area contributed by atoms with Gasteiger partial charge in [0.15, 0.2) is 0 Å². The van der Waals surface area contributed by atoms with Gasteiger partial charge in [-0.05, 0) is 71.0 Å². The molecule has 3 nitrogen and oxygen atoms in total. The molecule has 1 N–H and O–H groups in total. The van der Waals surface area contributed by atoms with Crippen LogP contribution in [0.3, 0.4) is 0 Å². The van der Waals surface area contributed by atoms with Crippen molar-refractivity contribution in [1.82, 2.24) is 0 Å². The molecule has 1 aromatic heterocycles. The van der Waals surface area contributed by atoms with Gasteiger partial charge in [0.1, 0.15) is 5.00 Å². The number of aryl methyl sites for hydroxylation is 1. The second kappa shape index (κ2) is 8.88. The first-order valence-corrected chi connectivity index (χ1v) is 12.5. The fourth-order valence-corrected chi connectivity index (χ4v) is 6.13. The third kappa shape index (κ3) is 3.80. The number of anilines is 1. The molecule has 0 aliphatic heterocycles. The molecule has 34 heavy (non-hydrogen) atoms. The third-order valence-electron chi connectivity index (χ3n) is 6.54. The maximum atomic E-state index is 13.4. The Kier molecular flexibility index (Phi) is 5.44. The Labute approximate surface area is 202 Å². The van der Waals surface area contributed by atoms with Crippen molar-refractivity contribution in [2.75, 3.05) is 5.32 Å². The summed E-state index contributed by atoms with van der Waals surface area (Å²) in [6.07, 6.45) is 6.21. The monoisotopic (exact) mass is 460 g/mol. The van der Waals surface area contributed by atoms with Crippen LogP contribution in [0.5, 0.6) is 0 Å². The van der Waals surface area contributed by atoms with Gasteiger partial charge < -0.3 is 5.32 Å². The van der Waals surface area contributed by atoms with E-state index in [4.69, 9.17) is 4.99 Å².